The number of anilines is 1. The van der Waals surface area contributed by atoms with E-state index >= 15 is 0 Å². The maximum atomic E-state index is 13.3. The first-order valence-corrected chi connectivity index (χ1v) is 19.4. The van der Waals surface area contributed by atoms with Gasteiger partial charge in [0.05, 0.1) is 23.6 Å². The predicted molar refractivity (Wildman–Crippen MR) is 191 cm³/mol. The molecule has 4 aromatic heterocycles. The summed E-state index contributed by atoms with van der Waals surface area (Å²) < 4.78 is 115. The van der Waals surface area contributed by atoms with E-state index in [-0.39, 0.29) is 66.6 Å². The van der Waals surface area contributed by atoms with Crippen LogP contribution in [0.15, 0.2) is 66.3 Å². The van der Waals surface area contributed by atoms with E-state index in [0.29, 0.717) is 24.8 Å². The third kappa shape index (κ3) is 9.57. The van der Waals surface area contributed by atoms with Gasteiger partial charge in [-0.05, 0) is 82.6 Å². The Kier molecular flexibility index (Phi) is 11.5. The van der Waals surface area contributed by atoms with Crippen LogP contribution in [0.25, 0.3) is 5.82 Å². The number of likely N-dealkylation sites (tertiary alicyclic amines) is 1. The quantitative estimate of drug-likeness (QED) is 0.105. The normalized spacial score (nSPS) is 18.2. The molecule has 1 saturated carbocycles. The molecule has 2 N–H and O–H groups in total. The van der Waals surface area contributed by atoms with E-state index < -0.39 is 56.2 Å². The van der Waals surface area contributed by atoms with Crippen molar-refractivity contribution in [1.29, 1.82) is 0 Å². The highest BCUT2D eigenvalue weighted by Crippen LogP contribution is 2.59. The second-order valence-electron chi connectivity index (χ2n) is 14.5. The first-order chi connectivity index (χ1) is 26.7. The topological polar surface area (TPSA) is 174 Å². The van der Waals surface area contributed by atoms with E-state index in [1.54, 1.807) is 13.8 Å². The Morgan fingerprint density at radius 1 is 1.04 bits per heavy atom. The van der Waals surface area contributed by atoms with E-state index in [1.807, 2.05) is 4.72 Å². The molecule has 22 heteroatoms. The zero-order valence-electron chi connectivity index (χ0n) is 30.3. The lowest BCUT2D eigenvalue weighted by Crippen LogP contribution is -2.48. The number of carbonyl (C=O) groups excluding carboxylic acids is 2. The summed E-state index contributed by atoms with van der Waals surface area (Å²) in [7, 11) is -4.59. The number of carbonyl (C=O) groups is 2. The third-order valence-corrected chi connectivity index (χ3v) is 11.5. The van der Waals surface area contributed by atoms with Gasteiger partial charge in [0.15, 0.2) is 10.8 Å². The van der Waals surface area contributed by atoms with E-state index in [1.165, 1.54) is 59.9 Å². The van der Waals surface area contributed by atoms with Gasteiger partial charge in [-0.15, -0.1) is 5.10 Å². The van der Waals surface area contributed by atoms with E-state index in [0.717, 1.165) is 11.0 Å². The molecule has 6 rings (SSSR count). The van der Waals surface area contributed by atoms with Crippen molar-refractivity contribution in [3.63, 3.8) is 0 Å². The number of hydrogen-bond acceptors (Lipinski definition) is 11. The number of amides is 2. The average Bonchev–Trinajstić information content (AvgIpc) is 3.69. The number of aromatic nitrogens is 6. The third-order valence-electron chi connectivity index (χ3n) is 10.0. The van der Waals surface area contributed by atoms with Gasteiger partial charge in [0.25, 0.3) is 15.9 Å². The molecule has 57 heavy (non-hydrogen) atoms. The number of hydrogen-bond donors (Lipinski definition) is 2. The summed E-state index contributed by atoms with van der Waals surface area (Å²) >= 11 is 6.26. The highest BCUT2D eigenvalue weighted by molar-refractivity contribution is 7.90. The van der Waals surface area contributed by atoms with Crippen molar-refractivity contribution in [3.05, 3.63) is 77.6 Å². The largest absolute Gasteiger partial charge is 0.477 e. The Labute approximate surface area is 327 Å². The molecule has 2 atom stereocenters. The Hall–Kier alpha value is -5.05. The number of halogens is 7. The lowest BCUT2D eigenvalue weighted by molar-refractivity contribution is -0.190. The van der Waals surface area contributed by atoms with Gasteiger partial charge in [-0.3, -0.25) is 9.59 Å². The van der Waals surface area contributed by atoms with Crippen molar-refractivity contribution in [3.8, 4) is 11.7 Å². The smallest absolute Gasteiger partial charge is 0.471 e. The molecule has 1 aliphatic heterocycles. The monoisotopic (exact) mass is 843 g/mol. The van der Waals surface area contributed by atoms with Crippen LogP contribution in [0, 0.1) is 11.3 Å². The molecule has 2 amide bonds. The fourth-order valence-electron chi connectivity index (χ4n) is 6.77. The van der Waals surface area contributed by atoms with Crippen LogP contribution in [-0.4, -0.2) is 85.9 Å². The molecular formula is C35H36ClF6N9O5S. The molecule has 306 valence electrons. The van der Waals surface area contributed by atoms with Crippen LogP contribution in [0.3, 0.4) is 0 Å². The first-order valence-electron chi connectivity index (χ1n) is 17.5. The van der Waals surface area contributed by atoms with Crippen LogP contribution >= 0.6 is 11.6 Å². The van der Waals surface area contributed by atoms with Gasteiger partial charge in [-0.2, -0.15) is 34.8 Å². The average molecular weight is 844 g/mol. The number of pyridine rings is 2. The number of rotatable bonds is 14. The van der Waals surface area contributed by atoms with Crippen LogP contribution in [-0.2, 0) is 14.8 Å². The standard InChI is InChI=1S/C35H36ClF6N9O5S/c1-32(2)16-21(19-50(32)31(53)34(37,38)39)6-8-24(22-17-43-20-44-18-22)45-25-4-3-5-28(46-25)57(54,55)49-30(52)23-7-9-26(47-29(23)36)51-14-10-27(48-51)56-15-13-33(11-12-33)35(40,41)42/h3-5,7,9-10,14,17-18,20-21,24H,6,8,11-13,15-16,19H2,1-2H3,(H,45,46)(H,49,52)/t21-,24?/m0/s1. The van der Waals surface area contributed by atoms with Gasteiger partial charge < -0.3 is 15.0 Å². The van der Waals surface area contributed by atoms with E-state index in [4.69, 9.17) is 16.3 Å². The van der Waals surface area contributed by atoms with Crippen molar-refractivity contribution in [1.82, 2.24) is 39.3 Å². The Balaban J connectivity index is 1.09. The zero-order chi connectivity index (χ0) is 41.4. The van der Waals surface area contributed by atoms with Crippen molar-refractivity contribution in [2.75, 3.05) is 18.5 Å². The van der Waals surface area contributed by atoms with Crippen LogP contribution in [0.5, 0.6) is 5.88 Å². The number of nitrogens with zero attached hydrogens (tertiary/aromatic N) is 7. The summed E-state index contributed by atoms with van der Waals surface area (Å²) in [5.41, 5.74) is -2.46. The number of ether oxygens (including phenoxy) is 1. The van der Waals surface area contributed by atoms with Crippen LogP contribution in [0.2, 0.25) is 5.15 Å². The van der Waals surface area contributed by atoms with Gasteiger partial charge in [0.1, 0.15) is 17.3 Å². The van der Waals surface area contributed by atoms with Crippen molar-refractivity contribution in [2.24, 2.45) is 11.3 Å². The fourth-order valence-corrected chi connectivity index (χ4v) is 7.94. The highest BCUT2D eigenvalue weighted by atomic mass is 35.5. The first kappa shape index (κ1) is 41.6. The van der Waals surface area contributed by atoms with Gasteiger partial charge in [-0.1, -0.05) is 17.7 Å². The maximum absolute atomic E-state index is 13.3. The zero-order valence-corrected chi connectivity index (χ0v) is 31.9. The second kappa shape index (κ2) is 15.7. The van der Waals surface area contributed by atoms with Crippen LogP contribution < -0.4 is 14.8 Å². The molecule has 0 aromatic carbocycles. The molecule has 1 unspecified atom stereocenters. The summed E-state index contributed by atoms with van der Waals surface area (Å²) in [6.45, 7) is 2.88. The molecule has 0 radical (unpaired) electrons. The van der Waals surface area contributed by atoms with Crippen LogP contribution in [0.4, 0.5) is 32.2 Å². The van der Waals surface area contributed by atoms with Crippen molar-refractivity contribution >= 4 is 39.3 Å². The Bertz CT molecular complexity index is 2220. The van der Waals surface area contributed by atoms with E-state index in [2.05, 4.69) is 30.4 Å². The molecule has 0 bridgehead atoms. The van der Waals surface area contributed by atoms with Gasteiger partial charge in [0.2, 0.25) is 5.88 Å². The molecular weight excluding hydrogens is 808 g/mol. The predicted octanol–water partition coefficient (Wildman–Crippen LogP) is 6.46. The summed E-state index contributed by atoms with van der Waals surface area (Å²) in [4.78, 5) is 42.4. The number of sulfonamides is 1. The minimum Gasteiger partial charge on any atom is -0.477 e. The SMILES string of the molecule is CC1(C)C[C@H](CCC(Nc2cccc(S(=O)(=O)NC(=O)c3ccc(-n4ccc(OCCC5(C(F)(F)F)CC5)n4)nc3Cl)n2)c2cncnc2)CN1C(=O)C(F)(F)F. The summed E-state index contributed by atoms with van der Waals surface area (Å²) in [5, 5.41) is 6.34. The summed E-state index contributed by atoms with van der Waals surface area (Å²) in [5.74, 6) is -3.06. The Morgan fingerprint density at radius 3 is 2.40 bits per heavy atom. The molecule has 1 aliphatic carbocycles. The minimum atomic E-state index is -5.00. The Morgan fingerprint density at radius 2 is 1.75 bits per heavy atom. The molecule has 0 spiro atoms. The van der Waals surface area contributed by atoms with Gasteiger partial charge in [-0.25, -0.2) is 29.3 Å². The van der Waals surface area contributed by atoms with E-state index in [9.17, 15) is 44.3 Å². The molecule has 5 heterocycles. The lowest BCUT2D eigenvalue weighted by Gasteiger charge is -2.31. The second-order valence-corrected chi connectivity index (χ2v) is 16.5. The fraction of sp³-hybridized carbons (Fsp3) is 0.457. The van der Waals surface area contributed by atoms with Gasteiger partial charge in [0, 0.05) is 42.3 Å². The minimum absolute atomic E-state index is 0.0400. The maximum Gasteiger partial charge on any atom is 0.471 e. The molecule has 4 aromatic rings. The van der Waals surface area contributed by atoms with Crippen molar-refractivity contribution in [2.45, 2.75) is 81.3 Å². The molecule has 2 aliphatic rings. The molecule has 14 nitrogen and oxygen atoms in total. The summed E-state index contributed by atoms with van der Waals surface area (Å²) in [6.07, 6.45) is -2.58. The molecule has 2 fully saturated rings. The lowest BCUT2D eigenvalue weighted by atomic mass is 9.91. The van der Waals surface area contributed by atoms with Crippen LogP contribution in [0.1, 0.15) is 74.3 Å². The highest BCUT2D eigenvalue weighted by Gasteiger charge is 2.62. The number of nitrogens with one attached hydrogen (secondary N) is 2. The molecule has 1 saturated heterocycles. The number of alkyl halides is 6. The van der Waals surface area contributed by atoms with Crippen molar-refractivity contribution < 1.29 is 49.1 Å². The van der Waals surface area contributed by atoms with Gasteiger partial charge >= 0.3 is 18.3 Å². The summed E-state index contributed by atoms with van der Waals surface area (Å²) in [6, 6.07) is 7.39.